The second-order valence-corrected chi connectivity index (χ2v) is 6.47. The van der Waals surface area contributed by atoms with Crippen LogP contribution >= 0.6 is 0 Å². The number of benzene rings is 2. The Morgan fingerprint density at radius 1 is 1.07 bits per heavy atom. The third kappa shape index (κ3) is 4.59. The maximum absolute atomic E-state index is 13.0. The fourth-order valence-corrected chi connectivity index (χ4v) is 3.10. The second kappa shape index (κ2) is 8.13. The summed E-state index contributed by atoms with van der Waals surface area (Å²) in [5.74, 6) is -0.478. The Labute approximate surface area is 156 Å². The van der Waals surface area contributed by atoms with E-state index in [0.717, 1.165) is 18.8 Å². The van der Waals surface area contributed by atoms with E-state index < -0.39 is 4.92 Å². The summed E-state index contributed by atoms with van der Waals surface area (Å²) in [6.45, 7) is 4.71. The summed E-state index contributed by atoms with van der Waals surface area (Å²) in [5.41, 5.74) is 1.57. The van der Waals surface area contributed by atoms with Gasteiger partial charge in [0.25, 0.3) is 5.69 Å². The quantitative estimate of drug-likeness (QED) is 0.645. The van der Waals surface area contributed by atoms with E-state index in [1.807, 2.05) is 6.92 Å². The maximum atomic E-state index is 13.0. The van der Waals surface area contributed by atoms with Gasteiger partial charge < -0.3 is 10.2 Å². The predicted molar refractivity (Wildman–Crippen MR) is 101 cm³/mol. The van der Waals surface area contributed by atoms with Crippen LogP contribution in [0.2, 0.25) is 0 Å². The van der Waals surface area contributed by atoms with Crippen LogP contribution in [-0.2, 0) is 4.79 Å². The second-order valence-electron chi connectivity index (χ2n) is 6.47. The van der Waals surface area contributed by atoms with Gasteiger partial charge in [0, 0.05) is 49.7 Å². The van der Waals surface area contributed by atoms with Gasteiger partial charge in [0.2, 0.25) is 5.91 Å². The molecule has 1 saturated heterocycles. The lowest BCUT2D eigenvalue weighted by atomic mass is 10.2. The number of nitrogens with one attached hydrogen (secondary N) is 1. The topological polar surface area (TPSA) is 78.7 Å². The zero-order valence-corrected chi connectivity index (χ0v) is 15.0. The first-order valence-electron chi connectivity index (χ1n) is 8.74. The molecular formula is C19H21FN4O3. The van der Waals surface area contributed by atoms with Crippen molar-refractivity contribution in [1.29, 1.82) is 0 Å². The van der Waals surface area contributed by atoms with Crippen molar-refractivity contribution < 1.29 is 14.1 Å². The van der Waals surface area contributed by atoms with Crippen molar-refractivity contribution >= 4 is 23.0 Å². The minimum atomic E-state index is -0.414. The molecule has 2 aromatic carbocycles. The standard InChI is InChI=1S/C19H21FN4O3/c1-14(19(25)21-16-4-2-15(20)3-5-16)22-10-12-23(13-11-22)17-6-8-18(9-7-17)24(26)27/h2-9,14H,10-13H2,1H3,(H,21,25)/t14-/m0/s1. The van der Waals surface area contributed by atoms with Gasteiger partial charge in [-0.15, -0.1) is 0 Å². The zero-order chi connectivity index (χ0) is 19.4. The molecule has 0 aliphatic carbocycles. The average Bonchev–Trinajstić information content (AvgIpc) is 2.69. The highest BCUT2D eigenvalue weighted by Gasteiger charge is 2.26. The first-order valence-corrected chi connectivity index (χ1v) is 8.74. The van der Waals surface area contributed by atoms with Gasteiger partial charge in [0.05, 0.1) is 11.0 Å². The van der Waals surface area contributed by atoms with Crippen molar-refractivity contribution in [3.63, 3.8) is 0 Å². The molecule has 0 radical (unpaired) electrons. The SMILES string of the molecule is C[C@@H](C(=O)Nc1ccc(F)cc1)N1CCN(c2ccc([N+](=O)[O-])cc2)CC1. The Bertz CT molecular complexity index is 803. The van der Waals surface area contributed by atoms with E-state index in [2.05, 4.69) is 15.1 Å². The molecule has 1 amide bonds. The summed E-state index contributed by atoms with van der Waals surface area (Å²) >= 11 is 0. The van der Waals surface area contributed by atoms with Crippen LogP contribution in [0.5, 0.6) is 0 Å². The van der Waals surface area contributed by atoms with Crippen LogP contribution in [0.1, 0.15) is 6.92 Å². The summed E-state index contributed by atoms with van der Waals surface area (Å²) in [7, 11) is 0. The minimum Gasteiger partial charge on any atom is -0.369 e. The van der Waals surface area contributed by atoms with E-state index in [1.54, 1.807) is 12.1 Å². The van der Waals surface area contributed by atoms with E-state index in [1.165, 1.54) is 36.4 Å². The van der Waals surface area contributed by atoms with Crippen LogP contribution in [0, 0.1) is 15.9 Å². The number of rotatable bonds is 5. The molecule has 0 spiro atoms. The number of hydrogen-bond acceptors (Lipinski definition) is 5. The van der Waals surface area contributed by atoms with Crippen LogP contribution in [0.15, 0.2) is 48.5 Å². The largest absolute Gasteiger partial charge is 0.369 e. The summed E-state index contributed by atoms with van der Waals surface area (Å²) < 4.78 is 13.0. The third-order valence-electron chi connectivity index (χ3n) is 4.78. The molecule has 1 fully saturated rings. The Hall–Kier alpha value is -3.00. The number of anilines is 2. The molecule has 8 heteroatoms. The molecule has 0 aromatic heterocycles. The minimum absolute atomic E-state index is 0.0727. The number of nitro groups is 1. The number of non-ortho nitro benzene ring substituents is 1. The number of hydrogen-bond donors (Lipinski definition) is 1. The smallest absolute Gasteiger partial charge is 0.269 e. The molecule has 1 heterocycles. The number of carbonyl (C=O) groups excluding carboxylic acids is 1. The molecule has 0 bridgehead atoms. The molecule has 7 nitrogen and oxygen atoms in total. The molecule has 3 rings (SSSR count). The van der Waals surface area contributed by atoms with Gasteiger partial charge in [-0.25, -0.2) is 4.39 Å². The van der Waals surface area contributed by atoms with Crippen molar-refractivity contribution in [3.05, 3.63) is 64.5 Å². The monoisotopic (exact) mass is 372 g/mol. The van der Waals surface area contributed by atoms with E-state index in [4.69, 9.17) is 0 Å². The molecule has 2 aromatic rings. The molecule has 1 N–H and O–H groups in total. The molecule has 1 atom stereocenters. The van der Waals surface area contributed by atoms with E-state index in [9.17, 15) is 19.3 Å². The summed E-state index contributed by atoms with van der Waals surface area (Å²) in [6.07, 6.45) is 0. The number of amides is 1. The van der Waals surface area contributed by atoms with Gasteiger partial charge in [-0.3, -0.25) is 19.8 Å². The van der Waals surface area contributed by atoms with Crippen molar-refractivity contribution in [2.45, 2.75) is 13.0 Å². The Balaban J connectivity index is 1.53. The van der Waals surface area contributed by atoms with Crippen molar-refractivity contribution in [2.24, 2.45) is 0 Å². The van der Waals surface area contributed by atoms with E-state index >= 15 is 0 Å². The van der Waals surface area contributed by atoms with Gasteiger partial charge in [-0.05, 0) is 43.3 Å². The summed E-state index contributed by atoms with van der Waals surface area (Å²) in [6, 6.07) is 11.9. The van der Waals surface area contributed by atoms with Crippen LogP contribution in [0.25, 0.3) is 0 Å². The molecule has 142 valence electrons. The summed E-state index contributed by atoms with van der Waals surface area (Å²) in [5, 5.41) is 13.5. The van der Waals surface area contributed by atoms with Gasteiger partial charge in [-0.2, -0.15) is 0 Å². The van der Waals surface area contributed by atoms with Gasteiger partial charge in [0.15, 0.2) is 0 Å². The number of nitrogens with zero attached hydrogens (tertiary/aromatic N) is 3. The van der Waals surface area contributed by atoms with E-state index in [-0.39, 0.29) is 23.5 Å². The average molecular weight is 372 g/mol. The van der Waals surface area contributed by atoms with Crippen LogP contribution < -0.4 is 10.2 Å². The summed E-state index contributed by atoms with van der Waals surface area (Å²) in [4.78, 5) is 27.0. The van der Waals surface area contributed by atoms with E-state index in [0.29, 0.717) is 18.8 Å². The van der Waals surface area contributed by atoms with Crippen molar-refractivity contribution in [3.8, 4) is 0 Å². The highest BCUT2D eigenvalue weighted by atomic mass is 19.1. The van der Waals surface area contributed by atoms with Gasteiger partial charge in [0.1, 0.15) is 5.82 Å². The van der Waals surface area contributed by atoms with Gasteiger partial charge in [-0.1, -0.05) is 0 Å². The normalized spacial score (nSPS) is 16.0. The first-order chi connectivity index (χ1) is 12.9. The molecule has 0 saturated carbocycles. The molecular weight excluding hydrogens is 351 g/mol. The number of piperazine rings is 1. The number of nitro benzene ring substituents is 1. The highest BCUT2D eigenvalue weighted by Crippen LogP contribution is 2.21. The van der Waals surface area contributed by atoms with Crippen molar-refractivity contribution in [2.75, 3.05) is 36.4 Å². The fourth-order valence-electron chi connectivity index (χ4n) is 3.10. The van der Waals surface area contributed by atoms with Crippen LogP contribution in [-0.4, -0.2) is 48.0 Å². The predicted octanol–water partition coefficient (Wildman–Crippen LogP) is 2.88. The molecule has 27 heavy (non-hydrogen) atoms. The van der Waals surface area contributed by atoms with Crippen LogP contribution in [0.3, 0.4) is 0 Å². The number of halogens is 1. The Morgan fingerprint density at radius 3 is 2.22 bits per heavy atom. The van der Waals surface area contributed by atoms with Gasteiger partial charge >= 0.3 is 0 Å². The fraction of sp³-hybridized carbons (Fsp3) is 0.316. The zero-order valence-electron chi connectivity index (χ0n) is 15.0. The maximum Gasteiger partial charge on any atom is 0.269 e. The lowest BCUT2D eigenvalue weighted by molar-refractivity contribution is -0.384. The Kier molecular flexibility index (Phi) is 5.66. The Morgan fingerprint density at radius 2 is 1.67 bits per heavy atom. The van der Waals surface area contributed by atoms with Crippen molar-refractivity contribution in [1.82, 2.24) is 4.90 Å². The highest BCUT2D eigenvalue weighted by molar-refractivity contribution is 5.94. The lowest BCUT2D eigenvalue weighted by Crippen LogP contribution is -2.52. The molecule has 1 aliphatic rings. The molecule has 0 unspecified atom stereocenters. The molecule has 1 aliphatic heterocycles. The third-order valence-corrected chi connectivity index (χ3v) is 4.78. The first kappa shape index (κ1) is 18.8. The lowest BCUT2D eigenvalue weighted by Gasteiger charge is -2.38. The number of carbonyl (C=O) groups is 1. The van der Waals surface area contributed by atoms with Crippen LogP contribution in [0.4, 0.5) is 21.5 Å².